The highest BCUT2D eigenvalue weighted by atomic mass is 35.5. The van der Waals surface area contributed by atoms with Gasteiger partial charge in [-0.3, -0.25) is 4.79 Å². The van der Waals surface area contributed by atoms with Crippen LogP contribution in [0.15, 0.2) is 24.3 Å². The van der Waals surface area contributed by atoms with E-state index < -0.39 is 11.6 Å². The first-order valence-corrected chi connectivity index (χ1v) is 9.46. The fraction of sp³-hybridized carbons (Fsp3) is 0.500. The van der Waals surface area contributed by atoms with Gasteiger partial charge in [0.25, 0.3) is 0 Å². The van der Waals surface area contributed by atoms with Crippen LogP contribution in [0.5, 0.6) is 0 Å². The normalized spacial score (nSPS) is 20.0. The summed E-state index contributed by atoms with van der Waals surface area (Å²) in [6, 6.07) is 7.58. The summed E-state index contributed by atoms with van der Waals surface area (Å²) in [5.41, 5.74) is 1.17. The van der Waals surface area contributed by atoms with Gasteiger partial charge in [-0.05, 0) is 43.4 Å². The second-order valence-corrected chi connectivity index (χ2v) is 7.88. The molecule has 1 aliphatic rings. The number of aromatic nitrogens is 2. The van der Waals surface area contributed by atoms with Crippen LogP contribution in [-0.4, -0.2) is 25.7 Å². The molecule has 0 saturated carbocycles. The molecule has 1 heterocycles. The maximum absolute atomic E-state index is 11.4. The van der Waals surface area contributed by atoms with Crippen molar-refractivity contribution >= 4 is 17.6 Å². The number of aliphatic carboxylic acids is 1. The molecule has 0 fully saturated rings. The molecule has 0 aliphatic heterocycles. The van der Waals surface area contributed by atoms with E-state index in [1.54, 1.807) is 0 Å². The standard InChI is InChI=1S/C20H25ClN2O3/c1-13(2)19-22-16-5-3-4-10-20(26,11-17(24)25)18(16)23(19)12-14-6-8-15(21)9-7-14/h6-9,13,26H,3-5,10-12H2,1-2H3,(H,24,25). The van der Waals surface area contributed by atoms with Gasteiger partial charge in [0, 0.05) is 17.5 Å². The van der Waals surface area contributed by atoms with E-state index in [4.69, 9.17) is 16.6 Å². The van der Waals surface area contributed by atoms with E-state index in [0.29, 0.717) is 23.7 Å². The molecular formula is C20H25ClN2O3. The van der Waals surface area contributed by atoms with E-state index in [1.165, 1.54) is 0 Å². The maximum Gasteiger partial charge on any atom is 0.306 e. The van der Waals surface area contributed by atoms with Crippen LogP contribution in [0.3, 0.4) is 0 Å². The average molecular weight is 377 g/mol. The number of nitrogens with zero attached hydrogens (tertiary/aromatic N) is 2. The molecule has 2 N–H and O–H groups in total. The van der Waals surface area contributed by atoms with Gasteiger partial charge in [-0.1, -0.05) is 37.6 Å². The van der Waals surface area contributed by atoms with Crippen LogP contribution >= 0.6 is 11.6 Å². The number of aryl methyl sites for hydroxylation is 1. The van der Waals surface area contributed by atoms with Gasteiger partial charge in [-0.15, -0.1) is 0 Å². The van der Waals surface area contributed by atoms with Crippen molar-refractivity contribution in [3.63, 3.8) is 0 Å². The Hall–Kier alpha value is -1.85. The van der Waals surface area contributed by atoms with E-state index in [9.17, 15) is 15.0 Å². The summed E-state index contributed by atoms with van der Waals surface area (Å²) in [6.07, 6.45) is 2.60. The van der Waals surface area contributed by atoms with Crippen molar-refractivity contribution in [2.45, 2.75) is 64.0 Å². The lowest BCUT2D eigenvalue weighted by Crippen LogP contribution is -2.32. The van der Waals surface area contributed by atoms with Gasteiger partial charge in [0.15, 0.2) is 0 Å². The number of imidazole rings is 1. The molecule has 0 amide bonds. The Morgan fingerprint density at radius 1 is 1.31 bits per heavy atom. The number of hydrogen-bond acceptors (Lipinski definition) is 3. The van der Waals surface area contributed by atoms with Gasteiger partial charge in [0.2, 0.25) is 0 Å². The molecule has 1 aromatic carbocycles. The van der Waals surface area contributed by atoms with Crippen LogP contribution < -0.4 is 0 Å². The third-order valence-corrected chi connectivity index (χ3v) is 5.23. The molecule has 6 heteroatoms. The van der Waals surface area contributed by atoms with Crippen molar-refractivity contribution in [1.29, 1.82) is 0 Å². The highest BCUT2D eigenvalue weighted by Gasteiger charge is 2.40. The molecule has 0 spiro atoms. The van der Waals surface area contributed by atoms with Crippen LogP contribution in [0.1, 0.15) is 68.2 Å². The van der Waals surface area contributed by atoms with Gasteiger partial charge >= 0.3 is 5.97 Å². The molecule has 0 bridgehead atoms. The van der Waals surface area contributed by atoms with Crippen LogP contribution in [-0.2, 0) is 23.4 Å². The van der Waals surface area contributed by atoms with E-state index in [0.717, 1.165) is 36.3 Å². The Morgan fingerprint density at radius 3 is 2.62 bits per heavy atom. The molecule has 3 rings (SSSR count). The third-order valence-electron chi connectivity index (χ3n) is 4.98. The first-order chi connectivity index (χ1) is 12.3. The van der Waals surface area contributed by atoms with E-state index >= 15 is 0 Å². The maximum atomic E-state index is 11.4. The zero-order chi connectivity index (χ0) is 18.9. The summed E-state index contributed by atoms with van der Waals surface area (Å²) < 4.78 is 2.03. The Labute approximate surface area is 158 Å². The summed E-state index contributed by atoms with van der Waals surface area (Å²) in [7, 11) is 0. The fourth-order valence-corrected chi connectivity index (χ4v) is 3.97. The zero-order valence-electron chi connectivity index (χ0n) is 15.2. The third kappa shape index (κ3) is 3.79. The number of rotatable bonds is 5. The fourth-order valence-electron chi connectivity index (χ4n) is 3.84. The number of aliphatic hydroxyl groups is 1. The van der Waals surface area contributed by atoms with Crippen LogP contribution in [0.4, 0.5) is 0 Å². The van der Waals surface area contributed by atoms with E-state index in [-0.39, 0.29) is 12.3 Å². The summed E-state index contributed by atoms with van der Waals surface area (Å²) >= 11 is 5.99. The first-order valence-electron chi connectivity index (χ1n) is 9.08. The van der Waals surface area contributed by atoms with Gasteiger partial charge in [-0.25, -0.2) is 4.98 Å². The Morgan fingerprint density at radius 2 is 2.00 bits per heavy atom. The highest BCUT2D eigenvalue weighted by molar-refractivity contribution is 6.30. The van der Waals surface area contributed by atoms with Gasteiger partial charge in [0.1, 0.15) is 11.4 Å². The van der Waals surface area contributed by atoms with E-state index in [2.05, 4.69) is 13.8 Å². The Kier molecular flexibility index (Phi) is 5.39. The number of hydrogen-bond donors (Lipinski definition) is 2. The Bertz CT molecular complexity index is 798. The van der Waals surface area contributed by atoms with Crippen molar-refractivity contribution < 1.29 is 15.0 Å². The lowest BCUT2D eigenvalue weighted by molar-refractivity contribution is -0.143. The minimum absolute atomic E-state index is 0.170. The molecule has 1 aromatic heterocycles. The minimum atomic E-state index is -1.38. The molecule has 26 heavy (non-hydrogen) atoms. The average Bonchev–Trinajstić information content (AvgIpc) is 2.84. The molecular weight excluding hydrogens is 352 g/mol. The summed E-state index contributed by atoms with van der Waals surface area (Å²) in [6.45, 7) is 4.67. The second-order valence-electron chi connectivity index (χ2n) is 7.44. The SMILES string of the molecule is CC(C)c1nc2c(n1Cc1ccc(Cl)cc1)C(O)(CC(=O)O)CCCC2. The van der Waals surface area contributed by atoms with Gasteiger partial charge < -0.3 is 14.8 Å². The number of carboxylic acid groups (broad SMARTS) is 1. The van der Waals surface area contributed by atoms with Gasteiger partial charge in [0.05, 0.1) is 17.8 Å². The Balaban J connectivity index is 2.13. The van der Waals surface area contributed by atoms with Crippen molar-refractivity contribution in [1.82, 2.24) is 9.55 Å². The monoisotopic (exact) mass is 376 g/mol. The summed E-state index contributed by atoms with van der Waals surface area (Å²) in [5.74, 6) is 0.0599. The first kappa shape index (κ1) is 18.9. The zero-order valence-corrected chi connectivity index (χ0v) is 16.0. The number of halogens is 1. The number of carbonyl (C=O) groups is 1. The van der Waals surface area contributed by atoms with E-state index in [1.807, 2.05) is 28.8 Å². The topological polar surface area (TPSA) is 75.3 Å². The highest BCUT2D eigenvalue weighted by Crippen LogP contribution is 2.39. The lowest BCUT2D eigenvalue weighted by atomic mass is 9.90. The lowest BCUT2D eigenvalue weighted by Gasteiger charge is -2.28. The predicted octanol–water partition coefficient (Wildman–Crippen LogP) is 4.10. The molecule has 140 valence electrons. The molecule has 0 radical (unpaired) electrons. The van der Waals surface area contributed by atoms with Gasteiger partial charge in [-0.2, -0.15) is 0 Å². The molecule has 1 unspecified atom stereocenters. The smallest absolute Gasteiger partial charge is 0.306 e. The quantitative estimate of drug-likeness (QED) is 0.770. The van der Waals surface area contributed by atoms with Crippen molar-refractivity contribution in [2.75, 3.05) is 0 Å². The molecule has 1 atom stereocenters. The minimum Gasteiger partial charge on any atom is -0.481 e. The molecule has 5 nitrogen and oxygen atoms in total. The summed E-state index contributed by atoms with van der Waals surface area (Å²) in [5, 5.41) is 21.4. The number of carboxylic acids is 1. The largest absolute Gasteiger partial charge is 0.481 e. The van der Waals surface area contributed by atoms with Crippen LogP contribution in [0, 0.1) is 0 Å². The number of fused-ring (bicyclic) bond motifs is 1. The van der Waals surface area contributed by atoms with Crippen LogP contribution in [0.25, 0.3) is 0 Å². The molecule has 2 aromatic rings. The number of benzene rings is 1. The van der Waals surface area contributed by atoms with Crippen molar-refractivity contribution in [3.05, 3.63) is 52.1 Å². The van der Waals surface area contributed by atoms with Crippen LogP contribution in [0.2, 0.25) is 5.02 Å². The second kappa shape index (κ2) is 7.41. The molecule has 1 aliphatic carbocycles. The molecule has 0 saturated heterocycles. The van der Waals surface area contributed by atoms with Crippen molar-refractivity contribution in [3.8, 4) is 0 Å². The summed E-state index contributed by atoms with van der Waals surface area (Å²) in [4.78, 5) is 16.2. The predicted molar refractivity (Wildman–Crippen MR) is 101 cm³/mol. The van der Waals surface area contributed by atoms with Crippen molar-refractivity contribution in [2.24, 2.45) is 0 Å².